The van der Waals surface area contributed by atoms with E-state index < -0.39 is 0 Å². The molecule has 1 atom stereocenters. The topological polar surface area (TPSA) is 12.0 Å². The second-order valence-corrected chi connectivity index (χ2v) is 5.76. The Kier molecular flexibility index (Phi) is 5.13. The van der Waals surface area contributed by atoms with Crippen LogP contribution in [0.15, 0.2) is 36.4 Å². The van der Waals surface area contributed by atoms with Gasteiger partial charge in [-0.25, -0.2) is 4.39 Å². The molecule has 0 saturated carbocycles. The van der Waals surface area contributed by atoms with Crippen LogP contribution in [0.25, 0.3) is 0 Å². The van der Waals surface area contributed by atoms with Gasteiger partial charge in [0.2, 0.25) is 0 Å². The Morgan fingerprint density at radius 1 is 1.00 bits per heavy atom. The maximum atomic E-state index is 13.9. The van der Waals surface area contributed by atoms with Crippen molar-refractivity contribution in [2.75, 3.05) is 6.54 Å². The van der Waals surface area contributed by atoms with Crippen LogP contribution in [0, 0.1) is 26.6 Å². The number of hydrogen-bond donors (Lipinski definition) is 1. The summed E-state index contributed by atoms with van der Waals surface area (Å²) in [4.78, 5) is 0. The second kappa shape index (κ2) is 6.86. The van der Waals surface area contributed by atoms with Gasteiger partial charge in [-0.2, -0.15) is 0 Å². The number of benzene rings is 2. The van der Waals surface area contributed by atoms with Gasteiger partial charge in [0, 0.05) is 0 Å². The Bertz CT molecular complexity index is 619. The molecular formula is C19H24FN. The maximum Gasteiger partial charge on any atom is 0.126 e. The molecule has 1 nitrogen and oxygen atoms in total. The molecule has 2 heteroatoms. The molecule has 2 aromatic rings. The summed E-state index contributed by atoms with van der Waals surface area (Å²) in [6.45, 7) is 9.06. The fraction of sp³-hybridized carbons (Fsp3) is 0.368. The van der Waals surface area contributed by atoms with E-state index in [4.69, 9.17) is 0 Å². The van der Waals surface area contributed by atoms with Gasteiger partial charge in [0.15, 0.2) is 0 Å². The van der Waals surface area contributed by atoms with E-state index in [0.29, 0.717) is 5.56 Å². The lowest BCUT2D eigenvalue weighted by molar-refractivity contribution is 0.581. The van der Waals surface area contributed by atoms with Gasteiger partial charge < -0.3 is 5.32 Å². The summed E-state index contributed by atoms with van der Waals surface area (Å²) in [5.41, 5.74) is 5.38. The molecule has 0 aliphatic carbocycles. The summed E-state index contributed by atoms with van der Waals surface area (Å²) in [6.07, 6.45) is 1.05. The van der Waals surface area contributed by atoms with Crippen LogP contribution < -0.4 is 5.32 Å². The molecule has 21 heavy (non-hydrogen) atoms. The van der Waals surface area contributed by atoms with Gasteiger partial charge in [-0.15, -0.1) is 0 Å². The number of nitrogens with one attached hydrogen (secondary N) is 1. The SMILES string of the molecule is CCCNC(c1ccc(C)c(F)c1)c1ccc(C)cc1C. The fourth-order valence-corrected chi connectivity index (χ4v) is 2.63. The molecule has 2 rings (SSSR count). The molecule has 1 unspecified atom stereocenters. The number of rotatable bonds is 5. The van der Waals surface area contributed by atoms with Crippen molar-refractivity contribution in [3.05, 3.63) is 70.0 Å². The zero-order chi connectivity index (χ0) is 15.4. The highest BCUT2D eigenvalue weighted by atomic mass is 19.1. The van der Waals surface area contributed by atoms with Crippen LogP contribution in [0.5, 0.6) is 0 Å². The maximum absolute atomic E-state index is 13.9. The first kappa shape index (κ1) is 15.7. The van der Waals surface area contributed by atoms with Crippen molar-refractivity contribution in [3.8, 4) is 0 Å². The average Bonchev–Trinajstić information content (AvgIpc) is 2.44. The van der Waals surface area contributed by atoms with Gasteiger partial charge in [-0.1, -0.05) is 42.8 Å². The van der Waals surface area contributed by atoms with Gasteiger partial charge >= 0.3 is 0 Å². The Morgan fingerprint density at radius 2 is 1.76 bits per heavy atom. The molecule has 2 aromatic carbocycles. The molecule has 0 radical (unpaired) electrons. The molecule has 112 valence electrons. The number of hydrogen-bond acceptors (Lipinski definition) is 1. The van der Waals surface area contributed by atoms with Crippen molar-refractivity contribution in [2.45, 2.75) is 40.2 Å². The molecule has 1 N–H and O–H groups in total. The van der Waals surface area contributed by atoms with E-state index in [9.17, 15) is 4.39 Å². The highest BCUT2D eigenvalue weighted by Crippen LogP contribution is 2.27. The van der Waals surface area contributed by atoms with E-state index in [1.807, 2.05) is 12.1 Å². The molecular weight excluding hydrogens is 261 g/mol. The summed E-state index contributed by atoms with van der Waals surface area (Å²) in [7, 11) is 0. The van der Waals surface area contributed by atoms with Gasteiger partial charge in [-0.05, 0) is 62.1 Å². The highest BCUT2D eigenvalue weighted by Gasteiger charge is 2.16. The molecule has 0 amide bonds. The lowest BCUT2D eigenvalue weighted by Gasteiger charge is -2.22. The lowest BCUT2D eigenvalue weighted by atomic mass is 9.93. The quantitative estimate of drug-likeness (QED) is 0.829. The zero-order valence-electron chi connectivity index (χ0n) is 13.3. The second-order valence-electron chi connectivity index (χ2n) is 5.76. The van der Waals surface area contributed by atoms with Crippen molar-refractivity contribution in [3.63, 3.8) is 0 Å². The summed E-state index contributed by atoms with van der Waals surface area (Å²) in [6, 6.07) is 12.0. The Labute approximate surface area is 127 Å². The standard InChI is InChI=1S/C19H24FN/c1-5-10-21-19(16-8-7-14(3)18(20)12-16)17-9-6-13(2)11-15(17)4/h6-9,11-12,19,21H,5,10H2,1-4H3. The molecule has 0 spiro atoms. The van der Waals surface area contributed by atoms with Crippen molar-refractivity contribution in [1.82, 2.24) is 5.32 Å². The minimum absolute atomic E-state index is 0.0423. The monoisotopic (exact) mass is 285 g/mol. The van der Waals surface area contributed by atoms with Crippen LogP contribution in [0.4, 0.5) is 4.39 Å². The van der Waals surface area contributed by atoms with Crippen molar-refractivity contribution in [1.29, 1.82) is 0 Å². The molecule has 0 heterocycles. The van der Waals surface area contributed by atoms with Gasteiger partial charge in [0.1, 0.15) is 5.82 Å². The fourth-order valence-electron chi connectivity index (χ4n) is 2.63. The number of aryl methyl sites for hydroxylation is 3. The van der Waals surface area contributed by atoms with E-state index in [1.54, 1.807) is 13.0 Å². The van der Waals surface area contributed by atoms with Crippen molar-refractivity contribution in [2.24, 2.45) is 0 Å². The highest BCUT2D eigenvalue weighted by molar-refractivity contribution is 5.39. The van der Waals surface area contributed by atoms with E-state index in [-0.39, 0.29) is 11.9 Å². The summed E-state index contributed by atoms with van der Waals surface area (Å²) in [5, 5.41) is 3.54. The zero-order valence-corrected chi connectivity index (χ0v) is 13.3. The van der Waals surface area contributed by atoms with Crippen LogP contribution in [0.3, 0.4) is 0 Å². The summed E-state index contributed by atoms with van der Waals surface area (Å²) < 4.78 is 13.9. The Morgan fingerprint density at radius 3 is 2.38 bits per heavy atom. The van der Waals surface area contributed by atoms with Crippen molar-refractivity contribution >= 4 is 0 Å². The van der Waals surface area contributed by atoms with Crippen LogP contribution in [0.1, 0.15) is 47.2 Å². The summed E-state index contributed by atoms with van der Waals surface area (Å²) in [5.74, 6) is -0.138. The molecule has 0 aliphatic heterocycles. The Balaban J connectivity index is 2.44. The van der Waals surface area contributed by atoms with Crippen LogP contribution in [0.2, 0.25) is 0 Å². The molecule has 0 bridgehead atoms. The van der Waals surface area contributed by atoms with Crippen LogP contribution in [-0.4, -0.2) is 6.54 Å². The van der Waals surface area contributed by atoms with E-state index in [2.05, 4.69) is 44.3 Å². The first-order chi connectivity index (χ1) is 10.0. The van der Waals surface area contributed by atoms with Crippen LogP contribution >= 0.6 is 0 Å². The number of halogens is 1. The van der Waals surface area contributed by atoms with Gasteiger partial charge in [0.25, 0.3) is 0 Å². The third-order valence-corrected chi connectivity index (χ3v) is 3.86. The minimum Gasteiger partial charge on any atom is -0.306 e. The molecule has 0 aromatic heterocycles. The largest absolute Gasteiger partial charge is 0.306 e. The van der Waals surface area contributed by atoms with Crippen molar-refractivity contribution < 1.29 is 4.39 Å². The third kappa shape index (κ3) is 3.70. The predicted molar refractivity (Wildman–Crippen MR) is 87.2 cm³/mol. The van der Waals surface area contributed by atoms with Gasteiger partial charge in [-0.3, -0.25) is 0 Å². The summed E-state index contributed by atoms with van der Waals surface area (Å²) >= 11 is 0. The molecule has 0 fully saturated rings. The smallest absolute Gasteiger partial charge is 0.126 e. The predicted octanol–water partition coefficient (Wildman–Crippen LogP) is 4.84. The third-order valence-electron chi connectivity index (χ3n) is 3.86. The van der Waals surface area contributed by atoms with E-state index in [1.165, 1.54) is 16.7 Å². The Hall–Kier alpha value is -1.67. The minimum atomic E-state index is -0.138. The molecule has 0 saturated heterocycles. The van der Waals surface area contributed by atoms with E-state index >= 15 is 0 Å². The average molecular weight is 285 g/mol. The van der Waals surface area contributed by atoms with Gasteiger partial charge in [0.05, 0.1) is 6.04 Å². The first-order valence-corrected chi connectivity index (χ1v) is 7.59. The lowest BCUT2D eigenvalue weighted by Crippen LogP contribution is -2.24. The molecule has 0 aliphatic rings. The first-order valence-electron chi connectivity index (χ1n) is 7.59. The normalized spacial score (nSPS) is 12.4. The van der Waals surface area contributed by atoms with Crippen LogP contribution in [-0.2, 0) is 0 Å². The van der Waals surface area contributed by atoms with E-state index in [0.717, 1.165) is 18.5 Å².